The molecule has 4 fully saturated rings. The molecule has 0 unspecified atom stereocenters. The number of benzene rings is 2. The van der Waals surface area contributed by atoms with Crippen molar-refractivity contribution in [2.45, 2.75) is 49.7 Å². The highest BCUT2D eigenvalue weighted by Crippen LogP contribution is 2.60. The Labute approximate surface area is 165 Å². The Morgan fingerprint density at radius 2 is 1.11 bits per heavy atom. The van der Waals surface area contributed by atoms with E-state index in [1.807, 2.05) is 24.3 Å². The van der Waals surface area contributed by atoms with Gasteiger partial charge in [-0.3, -0.25) is 0 Å². The van der Waals surface area contributed by atoms with E-state index in [0.29, 0.717) is 46.1 Å². The van der Waals surface area contributed by atoms with E-state index >= 15 is 0 Å². The summed E-state index contributed by atoms with van der Waals surface area (Å²) in [4.78, 5) is 0. The van der Waals surface area contributed by atoms with E-state index in [9.17, 15) is 0 Å². The summed E-state index contributed by atoms with van der Waals surface area (Å²) in [6, 6.07) is 10.9. The summed E-state index contributed by atoms with van der Waals surface area (Å²) in [6.07, 6.45) is 6.22. The molecule has 6 nitrogen and oxygen atoms in total. The molecule has 28 heavy (non-hydrogen) atoms. The number of nitrogens with two attached hydrogens (primary N) is 4. The highest BCUT2D eigenvalue weighted by Gasteiger charge is 2.60. The van der Waals surface area contributed by atoms with E-state index in [4.69, 9.17) is 32.4 Å². The minimum absolute atomic E-state index is 0.263. The van der Waals surface area contributed by atoms with E-state index in [0.717, 1.165) is 32.1 Å². The Balaban J connectivity index is 1.47. The van der Waals surface area contributed by atoms with Crippen molar-refractivity contribution in [3.8, 4) is 11.5 Å². The molecule has 4 bridgehead atoms. The predicted molar refractivity (Wildman–Crippen MR) is 112 cm³/mol. The van der Waals surface area contributed by atoms with Gasteiger partial charge in [0.25, 0.3) is 0 Å². The maximum absolute atomic E-state index is 6.60. The molecule has 0 atom stereocenters. The van der Waals surface area contributed by atoms with Gasteiger partial charge in [-0.1, -0.05) is 0 Å². The standard InChI is InChI=1S/C22H28N4O2/c23-15-1-3-17(25)19(6-15)27-21-8-13-5-14(9-21)11-22(10-13,12-21)28-20-7-16(24)2-4-18(20)26/h1-4,6-7,13-14H,5,8-12,23-26H2. The summed E-state index contributed by atoms with van der Waals surface area (Å²) >= 11 is 0. The van der Waals surface area contributed by atoms with Gasteiger partial charge in [0.1, 0.15) is 22.7 Å². The third-order valence-corrected chi connectivity index (χ3v) is 6.68. The first kappa shape index (κ1) is 17.3. The molecule has 6 rings (SSSR count). The summed E-state index contributed by atoms with van der Waals surface area (Å²) in [5.74, 6) is 2.54. The van der Waals surface area contributed by atoms with E-state index in [1.54, 1.807) is 12.1 Å². The van der Waals surface area contributed by atoms with Gasteiger partial charge in [0.2, 0.25) is 0 Å². The molecule has 2 aromatic rings. The topological polar surface area (TPSA) is 123 Å². The van der Waals surface area contributed by atoms with Crippen LogP contribution in [0.15, 0.2) is 36.4 Å². The van der Waals surface area contributed by atoms with Crippen LogP contribution < -0.4 is 32.4 Å². The van der Waals surface area contributed by atoms with Gasteiger partial charge >= 0.3 is 0 Å². The Morgan fingerprint density at radius 1 is 0.679 bits per heavy atom. The van der Waals surface area contributed by atoms with Crippen molar-refractivity contribution in [2.24, 2.45) is 11.8 Å². The van der Waals surface area contributed by atoms with E-state index in [1.165, 1.54) is 6.42 Å². The van der Waals surface area contributed by atoms with Gasteiger partial charge in [0.15, 0.2) is 0 Å². The van der Waals surface area contributed by atoms with E-state index in [2.05, 4.69) is 0 Å². The fourth-order valence-corrected chi connectivity index (χ4v) is 6.08. The van der Waals surface area contributed by atoms with Crippen molar-refractivity contribution >= 4 is 22.7 Å². The minimum atomic E-state index is -0.263. The van der Waals surface area contributed by atoms with Gasteiger partial charge < -0.3 is 32.4 Å². The molecular formula is C22H28N4O2. The lowest BCUT2D eigenvalue weighted by Gasteiger charge is -2.60. The smallest absolute Gasteiger partial charge is 0.145 e. The van der Waals surface area contributed by atoms with Crippen LogP contribution in [0.3, 0.4) is 0 Å². The molecule has 148 valence electrons. The van der Waals surface area contributed by atoms with Crippen molar-refractivity contribution in [1.82, 2.24) is 0 Å². The average molecular weight is 380 g/mol. The molecule has 0 amide bonds. The van der Waals surface area contributed by atoms with Crippen LogP contribution in [0.25, 0.3) is 0 Å². The number of hydrogen-bond donors (Lipinski definition) is 4. The van der Waals surface area contributed by atoms with Crippen molar-refractivity contribution < 1.29 is 9.47 Å². The fourth-order valence-electron chi connectivity index (χ4n) is 6.08. The molecule has 2 aromatic carbocycles. The quantitative estimate of drug-likeness (QED) is 0.602. The van der Waals surface area contributed by atoms with Gasteiger partial charge in [0.05, 0.1) is 11.4 Å². The van der Waals surface area contributed by atoms with Crippen LogP contribution in [-0.2, 0) is 0 Å². The van der Waals surface area contributed by atoms with Gasteiger partial charge in [-0.25, -0.2) is 0 Å². The largest absolute Gasteiger partial charge is 0.485 e. The van der Waals surface area contributed by atoms with Gasteiger partial charge in [-0.15, -0.1) is 0 Å². The Hall–Kier alpha value is -2.76. The first-order chi connectivity index (χ1) is 13.3. The van der Waals surface area contributed by atoms with Gasteiger partial charge in [-0.05, 0) is 68.2 Å². The zero-order chi connectivity index (χ0) is 19.5. The monoisotopic (exact) mass is 380 g/mol. The van der Waals surface area contributed by atoms with Crippen LogP contribution in [0, 0.1) is 11.8 Å². The molecule has 4 aliphatic carbocycles. The number of ether oxygens (including phenoxy) is 2. The van der Waals surface area contributed by atoms with Crippen LogP contribution in [0.4, 0.5) is 22.7 Å². The molecule has 0 heterocycles. The normalized spacial score (nSPS) is 33.0. The zero-order valence-electron chi connectivity index (χ0n) is 16.0. The molecular weight excluding hydrogens is 352 g/mol. The van der Waals surface area contributed by atoms with E-state index in [-0.39, 0.29) is 11.2 Å². The Bertz CT molecular complexity index is 843. The summed E-state index contributed by atoms with van der Waals surface area (Å²) in [5.41, 5.74) is 26.3. The molecule has 8 N–H and O–H groups in total. The second-order valence-corrected chi connectivity index (χ2v) is 9.13. The predicted octanol–water partition coefficient (Wildman–Crippen LogP) is 3.56. The molecule has 0 radical (unpaired) electrons. The molecule has 4 aliphatic rings. The molecule has 0 spiro atoms. The molecule has 0 aromatic heterocycles. The second kappa shape index (κ2) is 5.87. The van der Waals surface area contributed by atoms with Crippen molar-refractivity contribution in [2.75, 3.05) is 22.9 Å². The highest BCUT2D eigenvalue weighted by atomic mass is 16.5. The van der Waals surface area contributed by atoms with Crippen LogP contribution in [0.1, 0.15) is 38.5 Å². The van der Waals surface area contributed by atoms with Crippen molar-refractivity contribution in [3.05, 3.63) is 36.4 Å². The fraction of sp³-hybridized carbons (Fsp3) is 0.455. The number of anilines is 4. The number of rotatable bonds is 4. The van der Waals surface area contributed by atoms with E-state index < -0.39 is 0 Å². The number of hydrogen-bond acceptors (Lipinski definition) is 6. The van der Waals surface area contributed by atoms with Crippen LogP contribution in [-0.4, -0.2) is 11.2 Å². The lowest BCUT2D eigenvalue weighted by atomic mass is 9.52. The lowest BCUT2D eigenvalue weighted by molar-refractivity contribution is -0.176. The molecule has 0 aliphatic heterocycles. The first-order valence-electron chi connectivity index (χ1n) is 10.0. The summed E-state index contributed by atoms with van der Waals surface area (Å²) in [6.45, 7) is 0. The van der Waals surface area contributed by atoms with Crippen LogP contribution in [0.5, 0.6) is 11.5 Å². The highest BCUT2D eigenvalue weighted by molar-refractivity contribution is 5.61. The van der Waals surface area contributed by atoms with Crippen LogP contribution in [0.2, 0.25) is 0 Å². The third kappa shape index (κ3) is 2.87. The number of nitrogen functional groups attached to an aromatic ring is 4. The molecule has 6 heteroatoms. The molecule has 0 saturated heterocycles. The van der Waals surface area contributed by atoms with Crippen molar-refractivity contribution in [1.29, 1.82) is 0 Å². The summed E-state index contributed by atoms with van der Waals surface area (Å²) in [5, 5.41) is 0. The van der Waals surface area contributed by atoms with Gasteiger partial charge in [-0.2, -0.15) is 0 Å². The Morgan fingerprint density at radius 3 is 1.54 bits per heavy atom. The van der Waals surface area contributed by atoms with Gasteiger partial charge in [0, 0.05) is 29.9 Å². The zero-order valence-corrected chi connectivity index (χ0v) is 16.0. The van der Waals surface area contributed by atoms with Crippen molar-refractivity contribution in [3.63, 3.8) is 0 Å². The average Bonchev–Trinajstić information content (AvgIpc) is 2.60. The molecule has 4 saturated carbocycles. The van der Waals surface area contributed by atoms with Crippen LogP contribution >= 0.6 is 0 Å². The lowest BCUT2D eigenvalue weighted by Crippen LogP contribution is -2.63. The maximum atomic E-state index is 6.60. The second-order valence-electron chi connectivity index (χ2n) is 9.13. The SMILES string of the molecule is Nc1ccc(N)c(OC23CC4CC(C2)CC(Oc2cc(N)ccc2N)(C4)C3)c1. The minimum Gasteiger partial charge on any atom is -0.485 e. The maximum Gasteiger partial charge on any atom is 0.145 e. The first-order valence-corrected chi connectivity index (χ1v) is 10.0. The summed E-state index contributed by atoms with van der Waals surface area (Å²) < 4.78 is 13.2. The third-order valence-electron chi connectivity index (χ3n) is 6.68. The Kier molecular flexibility index (Phi) is 3.63. The summed E-state index contributed by atoms with van der Waals surface area (Å²) in [7, 11) is 0.